The molecule has 0 bridgehead atoms. The third-order valence-corrected chi connectivity index (χ3v) is 5.45. The van der Waals surface area contributed by atoms with E-state index in [1.165, 1.54) is 11.3 Å². The summed E-state index contributed by atoms with van der Waals surface area (Å²) in [6.07, 6.45) is 1.74. The average molecular weight is 433 g/mol. The molecule has 8 heteroatoms. The van der Waals surface area contributed by atoms with Crippen molar-refractivity contribution in [3.05, 3.63) is 60.3 Å². The number of primary amides is 1. The van der Waals surface area contributed by atoms with Gasteiger partial charge < -0.3 is 26.0 Å². The summed E-state index contributed by atoms with van der Waals surface area (Å²) in [6.45, 7) is 7.20. The summed E-state index contributed by atoms with van der Waals surface area (Å²) in [5.74, 6) is 0.138. The first kappa shape index (κ1) is 21.6. The monoisotopic (exact) mass is 432 g/mol. The van der Waals surface area contributed by atoms with Gasteiger partial charge in [0.1, 0.15) is 6.04 Å². The maximum Gasteiger partial charge on any atom is 0.239 e. The number of aromatic nitrogens is 2. The van der Waals surface area contributed by atoms with Crippen molar-refractivity contribution in [3.8, 4) is 11.3 Å². The van der Waals surface area contributed by atoms with Gasteiger partial charge in [0.15, 0.2) is 0 Å². The summed E-state index contributed by atoms with van der Waals surface area (Å²) >= 11 is 0. The van der Waals surface area contributed by atoms with E-state index in [1.807, 2.05) is 36.4 Å². The molecule has 1 amide bonds. The van der Waals surface area contributed by atoms with Crippen molar-refractivity contribution >= 4 is 28.9 Å². The lowest BCUT2D eigenvalue weighted by atomic mass is 10.1. The van der Waals surface area contributed by atoms with Crippen LogP contribution in [0.15, 0.2) is 54.7 Å². The molecule has 1 aliphatic heterocycles. The number of benzene rings is 2. The van der Waals surface area contributed by atoms with Crippen molar-refractivity contribution in [2.24, 2.45) is 5.73 Å². The first-order valence-corrected chi connectivity index (χ1v) is 10.7. The third kappa shape index (κ3) is 5.15. The lowest BCUT2D eigenvalue weighted by Crippen LogP contribution is -2.36. The predicted octanol–water partition coefficient (Wildman–Crippen LogP) is 3.32. The highest BCUT2D eigenvalue weighted by atomic mass is 16.5. The van der Waals surface area contributed by atoms with Gasteiger partial charge in [0.2, 0.25) is 11.9 Å². The summed E-state index contributed by atoms with van der Waals surface area (Å²) in [7, 11) is 0. The fourth-order valence-corrected chi connectivity index (χ4v) is 3.66. The van der Waals surface area contributed by atoms with Crippen molar-refractivity contribution in [2.75, 3.05) is 41.8 Å². The Balaban J connectivity index is 1.46. The number of anilines is 4. The van der Waals surface area contributed by atoms with Crippen LogP contribution in [0, 0.1) is 6.92 Å². The Kier molecular flexibility index (Phi) is 6.51. The van der Waals surface area contributed by atoms with Gasteiger partial charge in [0.05, 0.1) is 18.9 Å². The number of nitrogens with zero attached hydrogens (tertiary/aromatic N) is 3. The number of morpholine rings is 1. The first-order chi connectivity index (χ1) is 15.5. The Hall–Kier alpha value is -3.65. The molecule has 3 aromatic rings. The molecule has 0 saturated carbocycles. The fraction of sp³-hybridized carbons (Fsp3) is 0.292. The second kappa shape index (κ2) is 9.65. The molecule has 2 heterocycles. The minimum absolute atomic E-state index is 0.395. The Morgan fingerprint density at radius 1 is 1.09 bits per heavy atom. The van der Waals surface area contributed by atoms with Gasteiger partial charge in [0.25, 0.3) is 0 Å². The number of ether oxygens (including phenoxy) is 1. The van der Waals surface area contributed by atoms with E-state index in [-0.39, 0.29) is 0 Å². The number of carbonyl (C=O) groups is 1. The van der Waals surface area contributed by atoms with Gasteiger partial charge in [-0.05, 0) is 55.8 Å². The lowest BCUT2D eigenvalue weighted by molar-refractivity contribution is -0.118. The zero-order valence-corrected chi connectivity index (χ0v) is 18.3. The van der Waals surface area contributed by atoms with Crippen LogP contribution in [-0.2, 0) is 9.53 Å². The molecule has 4 N–H and O–H groups in total. The van der Waals surface area contributed by atoms with Gasteiger partial charge in [-0.1, -0.05) is 12.1 Å². The molecule has 0 unspecified atom stereocenters. The Labute approximate surface area is 187 Å². The Bertz CT molecular complexity index is 1080. The largest absolute Gasteiger partial charge is 0.378 e. The van der Waals surface area contributed by atoms with Crippen LogP contribution in [0.2, 0.25) is 0 Å². The number of nitrogens with two attached hydrogens (primary N) is 1. The van der Waals surface area contributed by atoms with Crippen molar-refractivity contribution < 1.29 is 9.53 Å². The fourth-order valence-electron chi connectivity index (χ4n) is 3.66. The molecule has 0 aliphatic carbocycles. The van der Waals surface area contributed by atoms with E-state index in [4.69, 9.17) is 10.5 Å². The highest BCUT2D eigenvalue weighted by Gasteiger charge is 2.14. The molecule has 8 nitrogen and oxygen atoms in total. The Morgan fingerprint density at radius 2 is 1.81 bits per heavy atom. The minimum atomic E-state index is -0.436. The number of hydrogen-bond acceptors (Lipinski definition) is 7. The van der Waals surface area contributed by atoms with Crippen molar-refractivity contribution in [2.45, 2.75) is 19.9 Å². The van der Waals surface area contributed by atoms with E-state index in [9.17, 15) is 4.79 Å². The van der Waals surface area contributed by atoms with Crippen LogP contribution in [-0.4, -0.2) is 48.2 Å². The molecule has 32 heavy (non-hydrogen) atoms. The summed E-state index contributed by atoms with van der Waals surface area (Å²) in [5, 5.41) is 6.37. The van der Waals surface area contributed by atoms with Crippen LogP contribution in [0.5, 0.6) is 0 Å². The lowest BCUT2D eigenvalue weighted by Gasteiger charge is -2.30. The SMILES string of the molecule is Cc1cc(Nc2nccc(-c3ccc(N[C@@H](C)C(N)=O)cc3)n2)ccc1N1CCOCC1. The average Bonchev–Trinajstić information content (AvgIpc) is 2.80. The first-order valence-electron chi connectivity index (χ1n) is 10.7. The van der Waals surface area contributed by atoms with Crippen molar-refractivity contribution in [1.82, 2.24) is 9.97 Å². The van der Waals surface area contributed by atoms with Gasteiger partial charge in [-0.25, -0.2) is 9.97 Å². The molecule has 2 aromatic carbocycles. The Morgan fingerprint density at radius 3 is 2.50 bits per heavy atom. The topological polar surface area (TPSA) is 105 Å². The minimum Gasteiger partial charge on any atom is -0.378 e. The standard InChI is InChI=1S/C24H28N6O2/c1-16-15-20(7-8-22(16)30-11-13-32-14-12-30)28-24-26-10-9-21(29-24)18-3-5-19(6-4-18)27-17(2)23(25)31/h3-10,15,17,27H,11-14H2,1-2H3,(H2,25,31)(H,26,28,29)/t17-/m0/s1. The van der Waals surface area contributed by atoms with Gasteiger partial charge in [-0.3, -0.25) is 4.79 Å². The van der Waals surface area contributed by atoms with Gasteiger partial charge in [-0.15, -0.1) is 0 Å². The van der Waals surface area contributed by atoms with E-state index in [2.05, 4.69) is 44.6 Å². The second-order valence-electron chi connectivity index (χ2n) is 7.84. The van der Waals surface area contributed by atoms with Crippen LogP contribution in [0.25, 0.3) is 11.3 Å². The van der Waals surface area contributed by atoms with E-state index >= 15 is 0 Å². The van der Waals surface area contributed by atoms with E-state index in [0.717, 1.165) is 48.9 Å². The molecule has 0 radical (unpaired) electrons. The van der Waals surface area contributed by atoms with Crippen molar-refractivity contribution in [1.29, 1.82) is 0 Å². The number of hydrogen-bond donors (Lipinski definition) is 3. The number of nitrogens with one attached hydrogen (secondary N) is 2. The molecular weight excluding hydrogens is 404 g/mol. The highest BCUT2D eigenvalue weighted by molar-refractivity contribution is 5.82. The molecule has 1 atom stereocenters. The van der Waals surface area contributed by atoms with Gasteiger partial charge in [0, 0.05) is 41.9 Å². The maximum absolute atomic E-state index is 11.2. The molecule has 4 rings (SSSR count). The van der Waals surface area contributed by atoms with Crippen LogP contribution in [0.4, 0.5) is 23.0 Å². The van der Waals surface area contributed by atoms with Crippen molar-refractivity contribution in [3.63, 3.8) is 0 Å². The van der Waals surface area contributed by atoms with Crippen LogP contribution in [0.1, 0.15) is 12.5 Å². The number of amides is 1. The molecule has 1 saturated heterocycles. The summed E-state index contributed by atoms with van der Waals surface area (Å²) < 4.78 is 5.45. The van der Waals surface area contributed by atoms with E-state index in [0.29, 0.717) is 5.95 Å². The van der Waals surface area contributed by atoms with E-state index < -0.39 is 11.9 Å². The molecule has 1 aliphatic rings. The molecule has 1 aromatic heterocycles. The quantitative estimate of drug-likeness (QED) is 0.526. The number of rotatable bonds is 7. The molecule has 1 fully saturated rings. The normalized spacial score (nSPS) is 14.6. The van der Waals surface area contributed by atoms with Crippen LogP contribution >= 0.6 is 0 Å². The highest BCUT2D eigenvalue weighted by Crippen LogP contribution is 2.26. The van der Waals surface area contributed by atoms with Gasteiger partial charge in [-0.2, -0.15) is 0 Å². The summed E-state index contributed by atoms with van der Waals surface area (Å²) in [4.78, 5) is 22.6. The number of aryl methyl sites for hydroxylation is 1. The zero-order chi connectivity index (χ0) is 22.5. The maximum atomic E-state index is 11.2. The van der Waals surface area contributed by atoms with Gasteiger partial charge >= 0.3 is 0 Å². The molecular formula is C24H28N6O2. The molecule has 166 valence electrons. The van der Waals surface area contributed by atoms with E-state index in [1.54, 1.807) is 13.1 Å². The van der Waals surface area contributed by atoms with Crippen LogP contribution in [0.3, 0.4) is 0 Å². The predicted molar refractivity (Wildman–Crippen MR) is 127 cm³/mol. The number of carbonyl (C=O) groups excluding carboxylic acids is 1. The smallest absolute Gasteiger partial charge is 0.239 e. The summed E-state index contributed by atoms with van der Waals surface area (Å²) in [6, 6.07) is 15.4. The zero-order valence-electron chi connectivity index (χ0n) is 18.3. The molecule has 0 spiro atoms. The van der Waals surface area contributed by atoms with Crippen LogP contribution < -0.4 is 21.3 Å². The third-order valence-electron chi connectivity index (χ3n) is 5.45. The summed E-state index contributed by atoms with van der Waals surface area (Å²) in [5.41, 5.74) is 11.3. The second-order valence-corrected chi connectivity index (χ2v) is 7.84.